The molecule has 0 bridgehead atoms. The molecule has 0 aromatic carbocycles. The molecule has 24 heavy (non-hydrogen) atoms. The van der Waals surface area contributed by atoms with E-state index in [4.69, 9.17) is 26.3 Å². The van der Waals surface area contributed by atoms with Gasteiger partial charge in [-0.25, -0.2) is 9.97 Å². The van der Waals surface area contributed by atoms with Crippen LogP contribution in [-0.4, -0.2) is 70.8 Å². The maximum Gasteiger partial charge on any atom is 0.226 e. The molecule has 4 heterocycles. The first-order chi connectivity index (χ1) is 11.7. The summed E-state index contributed by atoms with van der Waals surface area (Å²) in [5.74, 6) is 3.89. The molecule has 0 amide bonds. The Bertz CT molecular complexity index is 748. The average molecular weight is 367 g/mol. The number of hydrogen-bond donors (Lipinski definition) is 0. The van der Waals surface area contributed by atoms with Crippen LogP contribution >= 0.6 is 23.4 Å². The second-order valence-corrected chi connectivity index (χ2v) is 7.38. The van der Waals surface area contributed by atoms with Crippen LogP contribution in [0.2, 0.25) is 5.28 Å². The smallest absolute Gasteiger partial charge is 0.226 e. The van der Waals surface area contributed by atoms with Crippen molar-refractivity contribution < 1.29 is 4.74 Å². The maximum atomic E-state index is 6.16. The number of anilines is 2. The van der Waals surface area contributed by atoms with Gasteiger partial charge in [0.05, 0.1) is 18.9 Å². The van der Waals surface area contributed by atoms with Crippen LogP contribution in [0.4, 0.5) is 11.6 Å². The molecule has 128 valence electrons. The second kappa shape index (κ2) is 6.85. The van der Waals surface area contributed by atoms with E-state index in [2.05, 4.69) is 19.8 Å². The van der Waals surface area contributed by atoms with E-state index in [1.54, 1.807) is 0 Å². The van der Waals surface area contributed by atoms with Gasteiger partial charge in [0, 0.05) is 37.7 Å². The molecular weight excluding hydrogens is 348 g/mol. The van der Waals surface area contributed by atoms with Crippen molar-refractivity contribution in [1.82, 2.24) is 19.9 Å². The summed E-state index contributed by atoms with van der Waals surface area (Å²) in [6.45, 7) is 6.88. The summed E-state index contributed by atoms with van der Waals surface area (Å²) < 4.78 is 5.42. The van der Waals surface area contributed by atoms with Crippen LogP contribution in [0.1, 0.15) is 5.69 Å². The predicted molar refractivity (Wildman–Crippen MR) is 97.4 cm³/mol. The number of halogens is 1. The van der Waals surface area contributed by atoms with Crippen LogP contribution < -0.4 is 9.80 Å². The van der Waals surface area contributed by atoms with Crippen molar-refractivity contribution in [3.63, 3.8) is 0 Å². The van der Waals surface area contributed by atoms with Crippen LogP contribution in [-0.2, 0) is 4.74 Å². The Labute approximate surface area is 149 Å². The Morgan fingerprint density at radius 2 is 1.62 bits per heavy atom. The Hall–Kier alpha value is -1.38. The van der Waals surface area contributed by atoms with Gasteiger partial charge in [0.2, 0.25) is 5.28 Å². The Balaban J connectivity index is 1.79. The molecule has 4 rings (SSSR count). The van der Waals surface area contributed by atoms with Crippen molar-refractivity contribution in [3.8, 4) is 0 Å². The highest BCUT2D eigenvalue weighted by Gasteiger charge is 2.22. The van der Waals surface area contributed by atoms with Gasteiger partial charge in [0.15, 0.2) is 22.8 Å². The molecule has 2 aromatic heterocycles. The third kappa shape index (κ3) is 3.10. The SMILES string of the molecule is Cc1nc2c(N3CCOCC3)nc(Cl)nc2nc1N1CCSCC1. The zero-order valence-electron chi connectivity index (χ0n) is 13.5. The van der Waals surface area contributed by atoms with E-state index in [1.807, 2.05) is 18.7 Å². The van der Waals surface area contributed by atoms with Crippen molar-refractivity contribution in [2.45, 2.75) is 6.92 Å². The van der Waals surface area contributed by atoms with Gasteiger partial charge in [-0.2, -0.15) is 21.7 Å². The molecule has 0 unspecified atom stereocenters. The number of hydrogen-bond acceptors (Lipinski definition) is 8. The number of thioether (sulfide) groups is 1. The molecule has 7 nitrogen and oxygen atoms in total. The van der Waals surface area contributed by atoms with Crippen molar-refractivity contribution in [2.24, 2.45) is 0 Å². The highest BCUT2D eigenvalue weighted by atomic mass is 35.5. The first-order valence-corrected chi connectivity index (χ1v) is 9.63. The summed E-state index contributed by atoms with van der Waals surface area (Å²) in [5.41, 5.74) is 2.19. The molecule has 2 aliphatic rings. The van der Waals surface area contributed by atoms with E-state index >= 15 is 0 Å². The Kier molecular flexibility index (Phi) is 4.60. The minimum Gasteiger partial charge on any atom is -0.378 e. The number of nitrogens with zero attached hydrogens (tertiary/aromatic N) is 6. The van der Waals surface area contributed by atoms with Crippen LogP contribution in [0, 0.1) is 6.92 Å². The summed E-state index contributed by atoms with van der Waals surface area (Å²) in [5, 5.41) is 0.210. The zero-order valence-corrected chi connectivity index (χ0v) is 15.1. The molecule has 0 spiro atoms. The van der Waals surface area contributed by atoms with Crippen molar-refractivity contribution >= 4 is 46.2 Å². The summed E-state index contributed by atoms with van der Waals surface area (Å²) in [4.78, 5) is 22.7. The largest absolute Gasteiger partial charge is 0.378 e. The highest BCUT2D eigenvalue weighted by Crippen LogP contribution is 2.28. The Morgan fingerprint density at radius 1 is 0.917 bits per heavy atom. The third-order valence-corrected chi connectivity index (χ3v) is 5.37. The molecular formula is C15H19ClN6OS. The molecule has 0 N–H and O–H groups in total. The number of aryl methyl sites for hydroxylation is 1. The fraction of sp³-hybridized carbons (Fsp3) is 0.600. The van der Waals surface area contributed by atoms with Crippen molar-refractivity contribution in [2.75, 3.05) is 60.7 Å². The van der Waals surface area contributed by atoms with E-state index < -0.39 is 0 Å². The predicted octanol–water partition coefficient (Wildman–Crippen LogP) is 1.77. The average Bonchev–Trinajstić information content (AvgIpc) is 2.62. The summed E-state index contributed by atoms with van der Waals surface area (Å²) >= 11 is 8.13. The number of morpholine rings is 1. The molecule has 0 atom stereocenters. The molecule has 2 saturated heterocycles. The summed E-state index contributed by atoms with van der Waals surface area (Å²) in [7, 11) is 0. The molecule has 2 aliphatic heterocycles. The quantitative estimate of drug-likeness (QED) is 0.745. The molecule has 0 radical (unpaired) electrons. The molecule has 9 heteroatoms. The minimum absolute atomic E-state index is 0.210. The number of aromatic nitrogens is 4. The topological polar surface area (TPSA) is 67.3 Å². The number of ether oxygens (including phenoxy) is 1. The third-order valence-electron chi connectivity index (χ3n) is 4.26. The van der Waals surface area contributed by atoms with Gasteiger partial charge in [-0.3, -0.25) is 0 Å². The van der Waals surface area contributed by atoms with E-state index in [0.29, 0.717) is 24.4 Å². The van der Waals surface area contributed by atoms with Gasteiger partial charge >= 0.3 is 0 Å². The lowest BCUT2D eigenvalue weighted by Crippen LogP contribution is -2.37. The van der Waals surface area contributed by atoms with Gasteiger partial charge in [0.1, 0.15) is 0 Å². The lowest BCUT2D eigenvalue weighted by molar-refractivity contribution is 0.122. The van der Waals surface area contributed by atoms with Gasteiger partial charge in [-0.15, -0.1) is 0 Å². The van der Waals surface area contributed by atoms with Crippen LogP contribution in [0.25, 0.3) is 11.2 Å². The van der Waals surface area contributed by atoms with Gasteiger partial charge in [0.25, 0.3) is 0 Å². The van der Waals surface area contributed by atoms with Crippen LogP contribution in [0.15, 0.2) is 0 Å². The summed E-state index contributed by atoms with van der Waals surface area (Å²) in [6, 6.07) is 0. The van der Waals surface area contributed by atoms with Gasteiger partial charge < -0.3 is 14.5 Å². The molecule has 2 aromatic rings. The van der Waals surface area contributed by atoms with Gasteiger partial charge in [-0.05, 0) is 18.5 Å². The van der Waals surface area contributed by atoms with Crippen LogP contribution in [0.3, 0.4) is 0 Å². The maximum absolute atomic E-state index is 6.16. The van der Waals surface area contributed by atoms with Crippen molar-refractivity contribution in [1.29, 1.82) is 0 Å². The molecule has 2 fully saturated rings. The van der Waals surface area contributed by atoms with Crippen LogP contribution in [0.5, 0.6) is 0 Å². The standard InChI is InChI=1S/C15H19ClN6OS/c1-10-13(22-4-8-24-9-5-22)18-12-11(17-10)14(20-15(16)19-12)21-2-6-23-7-3-21/h2-9H2,1H3. The van der Waals surface area contributed by atoms with E-state index in [0.717, 1.165) is 55.0 Å². The lowest BCUT2D eigenvalue weighted by atomic mass is 10.3. The number of fused-ring (bicyclic) bond motifs is 1. The fourth-order valence-corrected chi connectivity index (χ4v) is 4.12. The van der Waals surface area contributed by atoms with E-state index in [-0.39, 0.29) is 5.28 Å². The normalized spacial score (nSPS) is 19.1. The molecule has 0 saturated carbocycles. The highest BCUT2D eigenvalue weighted by molar-refractivity contribution is 7.99. The Morgan fingerprint density at radius 3 is 2.38 bits per heavy atom. The first-order valence-electron chi connectivity index (χ1n) is 8.09. The lowest BCUT2D eigenvalue weighted by Gasteiger charge is -2.30. The molecule has 0 aliphatic carbocycles. The second-order valence-electron chi connectivity index (χ2n) is 5.82. The van der Waals surface area contributed by atoms with E-state index in [9.17, 15) is 0 Å². The first kappa shape index (κ1) is 16.1. The minimum atomic E-state index is 0.210. The number of rotatable bonds is 2. The van der Waals surface area contributed by atoms with Crippen molar-refractivity contribution in [3.05, 3.63) is 11.0 Å². The fourth-order valence-electron chi connectivity index (χ4n) is 3.05. The monoisotopic (exact) mass is 366 g/mol. The zero-order chi connectivity index (χ0) is 16.5. The van der Waals surface area contributed by atoms with E-state index in [1.165, 1.54) is 0 Å². The summed E-state index contributed by atoms with van der Waals surface area (Å²) in [6.07, 6.45) is 0. The van der Waals surface area contributed by atoms with Gasteiger partial charge in [-0.1, -0.05) is 0 Å².